The Balaban J connectivity index is 0.958. The molecule has 0 saturated heterocycles. The minimum Gasteiger partial charge on any atom is -0.454 e. The maximum absolute atomic E-state index is 6.62. The van der Waals surface area contributed by atoms with Crippen molar-refractivity contribution < 1.29 is 8.83 Å². The molecule has 9 aromatic carbocycles. The van der Waals surface area contributed by atoms with E-state index in [1.165, 1.54) is 32.9 Å². The van der Waals surface area contributed by atoms with Crippen LogP contribution in [0.15, 0.2) is 215 Å². The van der Waals surface area contributed by atoms with Gasteiger partial charge in [0.2, 0.25) is 0 Å². The highest BCUT2D eigenvalue weighted by Gasteiger charge is 2.23. The van der Waals surface area contributed by atoms with Gasteiger partial charge in [0.25, 0.3) is 0 Å². The van der Waals surface area contributed by atoms with E-state index in [-0.39, 0.29) is 0 Å². The van der Waals surface area contributed by atoms with Crippen molar-refractivity contribution in [3.63, 3.8) is 0 Å². The molecule has 272 valence electrons. The Morgan fingerprint density at radius 2 is 0.759 bits per heavy atom. The summed E-state index contributed by atoms with van der Waals surface area (Å²) in [5.41, 5.74) is 14.5. The van der Waals surface area contributed by atoms with Crippen molar-refractivity contribution in [2.45, 2.75) is 0 Å². The van der Waals surface area contributed by atoms with Gasteiger partial charge in [-0.25, -0.2) is 0 Å². The highest BCUT2D eigenvalue weighted by molar-refractivity contribution is 6.14. The van der Waals surface area contributed by atoms with Crippen LogP contribution in [0.1, 0.15) is 0 Å². The van der Waals surface area contributed by atoms with E-state index in [2.05, 4.69) is 191 Å². The summed E-state index contributed by atoms with van der Waals surface area (Å²) in [4.78, 5) is 2.27. The van der Waals surface area contributed by atoms with E-state index in [0.717, 1.165) is 77.8 Å². The molecule has 0 aliphatic heterocycles. The Bertz CT molecular complexity index is 3350. The Morgan fingerprint density at radius 3 is 1.33 bits per heavy atom. The molecule has 0 N–H and O–H groups in total. The normalized spacial score (nSPS) is 11.8. The number of furan rings is 2. The maximum Gasteiger partial charge on any atom is 0.159 e. The summed E-state index contributed by atoms with van der Waals surface area (Å²) in [7, 11) is 0. The zero-order valence-electron chi connectivity index (χ0n) is 31.3. The van der Waals surface area contributed by atoms with Crippen LogP contribution in [0.25, 0.3) is 93.6 Å². The predicted molar refractivity (Wildman–Crippen MR) is 241 cm³/mol. The average molecular weight is 743 g/mol. The largest absolute Gasteiger partial charge is 0.454 e. The van der Waals surface area contributed by atoms with Gasteiger partial charge < -0.3 is 18.3 Å². The molecule has 12 aromatic rings. The lowest BCUT2D eigenvalue weighted by atomic mass is 9.98. The van der Waals surface area contributed by atoms with Crippen LogP contribution >= 0.6 is 0 Å². The molecule has 0 aliphatic carbocycles. The van der Waals surface area contributed by atoms with E-state index in [0.29, 0.717) is 0 Å². The molecule has 4 nitrogen and oxygen atoms in total. The van der Waals surface area contributed by atoms with E-state index in [4.69, 9.17) is 8.83 Å². The summed E-state index contributed by atoms with van der Waals surface area (Å²) in [6.07, 6.45) is 0. The first-order valence-electron chi connectivity index (χ1n) is 19.7. The molecule has 0 spiro atoms. The highest BCUT2D eigenvalue weighted by atomic mass is 16.3. The smallest absolute Gasteiger partial charge is 0.159 e. The van der Waals surface area contributed by atoms with Crippen LogP contribution in [-0.2, 0) is 0 Å². The molecule has 0 aliphatic rings. The molecule has 58 heavy (non-hydrogen) atoms. The monoisotopic (exact) mass is 742 g/mol. The predicted octanol–water partition coefficient (Wildman–Crippen LogP) is 15.4. The second kappa shape index (κ2) is 12.9. The summed E-state index contributed by atoms with van der Waals surface area (Å²) in [6.45, 7) is 0. The minimum absolute atomic E-state index is 0.831. The molecule has 0 saturated carbocycles. The maximum atomic E-state index is 6.62. The van der Waals surface area contributed by atoms with Gasteiger partial charge >= 0.3 is 0 Å². The molecule has 0 atom stereocenters. The summed E-state index contributed by atoms with van der Waals surface area (Å²) >= 11 is 0. The van der Waals surface area contributed by atoms with Crippen molar-refractivity contribution >= 4 is 82.7 Å². The highest BCUT2D eigenvalue weighted by Crippen LogP contribution is 2.46. The van der Waals surface area contributed by atoms with Crippen molar-refractivity contribution in [2.75, 3.05) is 4.90 Å². The first kappa shape index (κ1) is 32.4. The van der Waals surface area contributed by atoms with E-state index < -0.39 is 0 Å². The van der Waals surface area contributed by atoms with Gasteiger partial charge in [0.15, 0.2) is 11.2 Å². The van der Waals surface area contributed by atoms with E-state index >= 15 is 0 Å². The number of para-hydroxylation sites is 7. The van der Waals surface area contributed by atoms with Gasteiger partial charge in [-0.15, -0.1) is 0 Å². The van der Waals surface area contributed by atoms with E-state index in [9.17, 15) is 0 Å². The number of aromatic nitrogens is 1. The summed E-state index contributed by atoms with van der Waals surface area (Å²) in [5, 5.41) is 6.86. The Hall–Kier alpha value is -7.82. The molecule has 3 heterocycles. The second-order valence-electron chi connectivity index (χ2n) is 14.9. The fraction of sp³-hybridized carbons (Fsp3) is 0. The lowest BCUT2D eigenvalue weighted by molar-refractivity contribution is 0.666. The number of anilines is 3. The van der Waals surface area contributed by atoms with Crippen molar-refractivity contribution in [1.29, 1.82) is 0 Å². The third-order valence-electron chi connectivity index (χ3n) is 11.6. The number of benzene rings is 9. The van der Waals surface area contributed by atoms with E-state index in [1.54, 1.807) is 0 Å². The van der Waals surface area contributed by atoms with Gasteiger partial charge in [-0.2, -0.15) is 0 Å². The molecule has 0 amide bonds. The number of nitrogens with zero attached hydrogens (tertiary/aromatic N) is 2. The molecule has 3 aromatic heterocycles. The van der Waals surface area contributed by atoms with Gasteiger partial charge in [0, 0.05) is 43.6 Å². The molecular weight excluding hydrogens is 709 g/mol. The number of hydrogen-bond donors (Lipinski definition) is 0. The second-order valence-corrected chi connectivity index (χ2v) is 14.9. The van der Waals surface area contributed by atoms with Crippen LogP contribution < -0.4 is 4.90 Å². The van der Waals surface area contributed by atoms with Crippen molar-refractivity contribution in [1.82, 2.24) is 4.57 Å². The van der Waals surface area contributed by atoms with Crippen LogP contribution in [0.5, 0.6) is 0 Å². The number of rotatable bonds is 6. The zero-order chi connectivity index (χ0) is 38.2. The lowest BCUT2D eigenvalue weighted by Gasteiger charge is -2.25. The SMILES string of the molecule is c1ccc(-n2c3ccccc3c3ccccc32)c(-c2ccc(-c3ccc(N(c4cccc5c4oc4ccccc45)c4cccc5c4oc4ccccc45)cc3)cc2)c1. The van der Waals surface area contributed by atoms with Gasteiger partial charge in [-0.1, -0.05) is 152 Å². The van der Waals surface area contributed by atoms with Crippen LogP contribution in [0.3, 0.4) is 0 Å². The third-order valence-corrected chi connectivity index (χ3v) is 11.6. The fourth-order valence-electron chi connectivity index (χ4n) is 8.96. The standard InChI is InChI=1S/C54H34N2O2/c1-6-20-46(56-47-21-7-2-14-40(47)41-15-3-8-22-48(41)56)39(13-1)37-29-27-35(28-30-37)36-31-33-38(34-32-36)55(49-23-11-18-44-42-16-4-9-25-51(42)57-53(44)49)50-24-12-19-45-43-17-5-10-26-52(43)58-54(45)50/h1-34H. The lowest BCUT2D eigenvalue weighted by Crippen LogP contribution is -2.10. The molecule has 0 unspecified atom stereocenters. The van der Waals surface area contributed by atoms with Gasteiger partial charge in [-0.05, 0) is 71.3 Å². The van der Waals surface area contributed by atoms with Crippen LogP contribution in [0.4, 0.5) is 17.1 Å². The van der Waals surface area contributed by atoms with Crippen molar-refractivity contribution in [3.05, 3.63) is 206 Å². The fourth-order valence-corrected chi connectivity index (χ4v) is 8.96. The van der Waals surface area contributed by atoms with Crippen molar-refractivity contribution in [2.24, 2.45) is 0 Å². The Morgan fingerprint density at radius 1 is 0.328 bits per heavy atom. The number of hydrogen-bond acceptors (Lipinski definition) is 3. The number of fused-ring (bicyclic) bond motifs is 9. The first-order chi connectivity index (χ1) is 28.8. The topological polar surface area (TPSA) is 34.5 Å². The average Bonchev–Trinajstić information content (AvgIpc) is 3.97. The minimum atomic E-state index is 0.831. The van der Waals surface area contributed by atoms with Gasteiger partial charge in [0.1, 0.15) is 11.2 Å². The van der Waals surface area contributed by atoms with Gasteiger partial charge in [-0.3, -0.25) is 0 Å². The zero-order valence-corrected chi connectivity index (χ0v) is 31.3. The van der Waals surface area contributed by atoms with Crippen LogP contribution in [-0.4, -0.2) is 4.57 Å². The quantitative estimate of drug-likeness (QED) is 0.170. The molecule has 0 bridgehead atoms. The van der Waals surface area contributed by atoms with Crippen molar-refractivity contribution in [3.8, 4) is 27.9 Å². The molecular formula is C54H34N2O2. The molecule has 0 fully saturated rings. The van der Waals surface area contributed by atoms with Gasteiger partial charge in [0.05, 0.1) is 28.1 Å². The molecule has 12 rings (SSSR count). The third kappa shape index (κ3) is 4.95. The molecule has 4 heteroatoms. The Kier molecular flexibility index (Phi) is 7.20. The summed E-state index contributed by atoms with van der Waals surface area (Å²) < 4.78 is 15.6. The summed E-state index contributed by atoms with van der Waals surface area (Å²) in [5.74, 6) is 0. The summed E-state index contributed by atoms with van der Waals surface area (Å²) in [6, 6.07) is 73.1. The Labute approximate surface area is 334 Å². The van der Waals surface area contributed by atoms with Crippen LogP contribution in [0.2, 0.25) is 0 Å². The van der Waals surface area contributed by atoms with Crippen LogP contribution in [0, 0.1) is 0 Å². The first-order valence-corrected chi connectivity index (χ1v) is 19.7. The van der Waals surface area contributed by atoms with E-state index in [1.807, 2.05) is 24.3 Å². The molecule has 0 radical (unpaired) electrons.